The maximum Gasteiger partial charge on any atom is 0.387 e. The molecule has 9 heteroatoms. The van der Waals surface area contributed by atoms with E-state index < -0.39 is 24.1 Å². The van der Waals surface area contributed by atoms with Crippen LogP contribution >= 0.6 is 0 Å². The summed E-state index contributed by atoms with van der Waals surface area (Å²) in [5.74, 6) is -0.428. The highest BCUT2D eigenvalue weighted by Gasteiger charge is 2.49. The molecule has 1 saturated carbocycles. The number of carbonyl (C=O) groups is 3. The summed E-state index contributed by atoms with van der Waals surface area (Å²) in [6.45, 7) is -1.16. The number of likely N-dealkylation sites (N-methyl/N-ethyl adjacent to an activating group) is 1. The van der Waals surface area contributed by atoms with E-state index in [4.69, 9.17) is 0 Å². The SMILES string of the molecule is CN(CC1CC1)C(=O)CN1C(=O)N[C@](C)(c2ccc(OC(F)F)cc2)C1=O. The fourth-order valence-electron chi connectivity index (χ4n) is 3.05. The molecule has 2 fully saturated rings. The molecular weight excluding hydrogens is 360 g/mol. The summed E-state index contributed by atoms with van der Waals surface area (Å²) < 4.78 is 28.8. The van der Waals surface area contributed by atoms with Crippen LogP contribution in [0, 0.1) is 5.92 Å². The van der Waals surface area contributed by atoms with E-state index in [9.17, 15) is 23.2 Å². The first-order valence-corrected chi connectivity index (χ1v) is 8.64. The van der Waals surface area contributed by atoms with Crippen molar-refractivity contribution >= 4 is 17.8 Å². The van der Waals surface area contributed by atoms with Crippen LogP contribution in [0.25, 0.3) is 0 Å². The summed E-state index contributed by atoms with van der Waals surface area (Å²) >= 11 is 0. The summed E-state index contributed by atoms with van der Waals surface area (Å²) in [6.07, 6.45) is 2.17. The van der Waals surface area contributed by atoms with Crippen molar-refractivity contribution in [1.82, 2.24) is 15.1 Å². The smallest absolute Gasteiger partial charge is 0.387 e. The van der Waals surface area contributed by atoms with Gasteiger partial charge in [-0.2, -0.15) is 8.78 Å². The molecule has 0 bridgehead atoms. The predicted molar refractivity (Wildman–Crippen MR) is 91.0 cm³/mol. The largest absolute Gasteiger partial charge is 0.435 e. The molecule has 1 aliphatic heterocycles. The number of carbonyl (C=O) groups excluding carboxylic acids is 3. The van der Waals surface area contributed by atoms with Crippen LogP contribution in [-0.4, -0.2) is 54.4 Å². The third-order valence-electron chi connectivity index (χ3n) is 4.88. The molecule has 0 spiro atoms. The lowest BCUT2D eigenvalue weighted by Crippen LogP contribution is -2.44. The van der Waals surface area contributed by atoms with Crippen LogP contribution in [-0.2, 0) is 15.1 Å². The molecule has 1 atom stereocenters. The number of hydrogen-bond acceptors (Lipinski definition) is 4. The van der Waals surface area contributed by atoms with Crippen LogP contribution in [0.2, 0.25) is 0 Å². The molecule has 1 aromatic rings. The van der Waals surface area contributed by atoms with E-state index >= 15 is 0 Å². The molecular formula is C18H21F2N3O4. The molecule has 0 radical (unpaired) electrons. The zero-order valence-corrected chi connectivity index (χ0v) is 15.1. The molecule has 0 unspecified atom stereocenters. The topological polar surface area (TPSA) is 79.0 Å². The van der Waals surface area contributed by atoms with E-state index in [1.54, 1.807) is 7.05 Å². The average molecular weight is 381 g/mol. The van der Waals surface area contributed by atoms with Gasteiger partial charge in [0.1, 0.15) is 17.8 Å². The van der Waals surface area contributed by atoms with Gasteiger partial charge >= 0.3 is 12.6 Å². The lowest BCUT2D eigenvalue weighted by atomic mass is 9.92. The molecule has 7 nitrogen and oxygen atoms in total. The van der Waals surface area contributed by atoms with Crippen molar-refractivity contribution in [3.63, 3.8) is 0 Å². The van der Waals surface area contributed by atoms with E-state index in [0.29, 0.717) is 18.0 Å². The van der Waals surface area contributed by atoms with Crippen molar-refractivity contribution in [2.45, 2.75) is 31.9 Å². The van der Waals surface area contributed by atoms with Crippen molar-refractivity contribution in [2.75, 3.05) is 20.1 Å². The predicted octanol–water partition coefficient (Wildman–Crippen LogP) is 1.92. The van der Waals surface area contributed by atoms with Gasteiger partial charge in [0.25, 0.3) is 5.91 Å². The van der Waals surface area contributed by atoms with E-state index in [1.807, 2.05) is 0 Å². The minimum atomic E-state index is -2.95. The number of nitrogens with one attached hydrogen (secondary N) is 1. The number of alkyl halides is 2. The number of amides is 4. The normalized spacial score (nSPS) is 22.2. The van der Waals surface area contributed by atoms with Gasteiger partial charge in [-0.1, -0.05) is 12.1 Å². The van der Waals surface area contributed by atoms with Crippen LogP contribution in [0.5, 0.6) is 5.75 Å². The van der Waals surface area contributed by atoms with Gasteiger partial charge in [-0.3, -0.25) is 14.5 Å². The van der Waals surface area contributed by atoms with E-state index in [1.165, 1.54) is 36.1 Å². The van der Waals surface area contributed by atoms with Gasteiger partial charge in [0.05, 0.1) is 0 Å². The number of imide groups is 1. The molecule has 27 heavy (non-hydrogen) atoms. The van der Waals surface area contributed by atoms with Crippen molar-refractivity contribution in [1.29, 1.82) is 0 Å². The molecule has 1 aromatic carbocycles. The van der Waals surface area contributed by atoms with Crippen molar-refractivity contribution in [2.24, 2.45) is 5.92 Å². The van der Waals surface area contributed by atoms with Crippen LogP contribution in [0.1, 0.15) is 25.3 Å². The number of nitrogens with zero attached hydrogens (tertiary/aromatic N) is 2. The Kier molecular flexibility index (Phi) is 5.03. The zero-order valence-electron chi connectivity index (χ0n) is 15.1. The zero-order chi connectivity index (χ0) is 19.8. The summed E-state index contributed by atoms with van der Waals surface area (Å²) in [4.78, 5) is 39.8. The van der Waals surface area contributed by atoms with Gasteiger partial charge in [0.2, 0.25) is 5.91 Å². The van der Waals surface area contributed by atoms with Crippen molar-refractivity contribution in [3.8, 4) is 5.75 Å². The quantitative estimate of drug-likeness (QED) is 0.732. The van der Waals surface area contributed by atoms with E-state index in [-0.39, 0.29) is 18.2 Å². The second-order valence-corrected chi connectivity index (χ2v) is 7.07. The van der Waals surface area contributed by atoms with Gasteiger partial charge < -0.3 is 15.0 Å². The van der Waals surface area contributed by atoms with Gasteiger partial charge in [-0.05, 0) is 43.4 Å². The van der Waals surface area contributed by atoms with Crippen LogP contribution in [0.15, 0.2) is 24.3 Å². The Morgan fingerprint density at radius 2 is 1.96 bits per heavy atom. The highest BCUT2D eigenvalue weighted by molar-refractivity contribution is 6.09. The van der Waals surface area contributed by atoms with Gasteiger partial charge in [-0.25, -0.2) is 4.79 Å². The first-order chi connectivity index (χ1) is 12.7. The number of urea groups is 1. The fraction of sp³-hybridized carbons (Fsp3) is 0.500. The van der Waals surface area contributed by atoms with Crippen molar-refractivity contribution in [3.05, 3.63) is 29.8 Å². The number of rotatable bonds is 7. The Balaban J connectivity index is 1.70. The van der Waals surface area contributed by atoms with E-state index in [0.717, 1.165) is 17.7 Å². The monoisotopic (exact) mass is 381 g/mol. The fourth-order valence-corrected chi connectivity index (χ4v) is 3.05. The van der Waals surface area contributed by atoms with Crippen LogP contribution in [0.3, 0.4) is 0 Å². The Morgan fingerprint density at radius 3 is 2.52 bits per heavy atom. The molecule has 1 heterocycles. The molecule has 4 amide bonds. The van der Waals surface area contributed by atoms with Crippen LogP contribution < -0.4 is 10.1 Å². The highest BCUT2D eigenvalue weighted by Crippen LogP contribution is 2.31. The molecule has 1 N–H and O–H groups in total. The first-order valence-electron chi connectivity index (χ1n) is 8.64. The third-order valence-corrected chi connectivity index (χ3v) is 4.88. The lowest BCUT2D eigenvalue weighted by Gasteiger charge is -2.23. The van der Waals surface area contributed by atoms with Gasteiger partial charge in [-0.15, -0.1) is 0 Å². The maximum absolute atomic E-state index is 12.8. The number of hydrogen-bond donors (Lipinski definition) is 1. The summed E-state index contributed by atoms with van der Waals surface area (Å²) in [5.41, 5.74) is -0.973. The second kappa shape index (κ2) is 7.13. The first kappa shape index (κ1) is 19.1. The Hall–Kier alpha value is -2.71. The lowest BCUT2D eigenvalue weighted by molar-refractivity contribution is -0.138. The molecule has 1 saturated heterocycles. The minimum Gasteiger partial charge on any atom is -0.435 e. The van der Waals surface area contributed by atoms with E-state index in [2.05, 4.69) is 10.1 Å². The van der Waals surface area contributed by atoms with Crippen molar-refractivity contribution < 1.29 is 27.9 Å². The minimum absolute atomic E-state index is 0.0529. The summed E-state index contributed by atoms with van der Waals surface area (Å²) in [6, 6.07) is 4.79. The molecule has 1 aliphatic carbocycles. The third kappa shape index (κ3) is 4.01. The molecule has 2 aliphatic rings. The molecule has 0 aromatic heterocycles. The summed E-state index contributed by atoms with van der Waals surface area (Å²) in [7, 11) is 1.65. The second-order valence-electron chi connectivity index (χ2n) is 7.07. The standard InChI is InChI=1S/C18H21F2N3O4/c1-18(12-5-7-13(8-6-12)27-16(19)20)15(25)23(17(26)21-18)10-14(24)22(2)9-11-3-4-11/h5-8,11,16H,3-4,9-10H2,1-2H3,(H,21,26)/t18-/m1/s1. The summed E-state index contributed by atoms with van der Waals surface area (Å²) in [5, 5.41) is 2.58. The molecule has 3 rings (SSSR count). The number of halogens is 2. The maximum atomic E-state index is 12.8. The Labute approximate surface area is 155 Å². The number of ether oxygens (including phenoxy) is 1. The highest BCUT2D eigenvalue weighted by atomic mass is 19.3. The van der Waals surface area contributed by atoms with Gasteiger partial charge in [0, 0.05) is 13.6 Å². The molecule has 146 valence electrons. The average Bonchev–Trinajstić information content (AvgIpc) is 3.38. The Bertz CT molecular complexity index is 751. The number of benzene rings is 1. The van der Waals surface area contributed by atoms with Crippen LogP contribution in [0.4, 0.5) is 13.6 Å². The Morgan fingerprint density at radius 1 is 1.33 bits per heavy atom. The van der Waals surface area contributed by atoms with Gasteiger partial charge in [0.15, 0.2) is 0 Å².